The summed E-state index contributed by atoms with van der Waals surface area (Å²) in [7, 11) is 1.81. The second kappa shape index (κ2) is 12.7. The monoisotopic (exact) mass is 668 g/mol. The van der Waals surface area contributed by atoms with E-state index in [2.05, 4.69) is 30.7 Å². The molecule has 1 saturated heterocycles. The van der Waals surface area contributed by atoms with E-state index in [1.54, 1.807) is 19.2 Å². The molecule has 0 atom stereocenters. The van der Waals surface area contributed by atoms with Crippen LogP contribution in [0.25, 0.3) is 44.2 Å². The van der Waals surface area contributed by atoms with E-state index in [1.807, 2.05) is 71.2 Å². The van der Waals surface area contributed by atoms with E-state index >= 15 is 4.39 Å². The van der Waals surface area contributed by atoms with E-state index in [1.165, 1.54) is 18.5 Å². The molecule has 0 aliphatic carbocycles. The van der Waals surface area contributed by atoms with E-state index in [4.69, 9.17) is 4.74 Å². The van der Waals surface area contributed by atoms with Crippen LogP contribution in [-0.4, -0.2) is 48.3 Å². The van der Waals surface area contributed by atoms with Gasteiger partial charge in [-0.05, 0) is 68.2 Å². The van der Waals surface area contributed by atoms with Crippen LogP contribution < -0.4 is 20.8 Å². The van der Waals surface area contributed by atoms with Crippen LogP contribution in [0.3, 0.4) is 0 Å². The number of hydrogen-bond acceptors (Lipinski definition) is 7. The number of hydrogen-bond donors (Lipinski definition) is 3. The molecule has 1 aliphatic heterocycles. The number of anilines is 1. The Kier molecular flexibility index (Phi) is 7.92. The zero-order valence-electron chi connectivity index (χ0n) is 27.4. The van der Waals surface area contributed by atoms with Crippen molar-refractivity contribution in [2.45, 2.75) is 25.8 Å². The number of nitrogens with zero attached hydrogens (tertiary/aromatic N) is 5. The number of benzene rings is 3. The van der Waals surface area contributed by atoms with Gasteiger partial charge in [0.1, 0.15) is 17.5 Å². The minimum Gasteiger partial charge on any atom is -0.435 e. The Labute approximate surface area is 285 Å². The number of amides is 1. The van der Waals surface area contributed by atoms with Crippen molar-refractivity contribution in [2.75, 3.05) is 18.4 Å². The number of piperidine rings is 1. The summed E-state index contributed by atoms with van der Waals surface area (Å²) in [6, 6.07) is 19.7. The van der Waals surface area contributed by atoms with Gasteiger partial charge in [0.25, 0.3) is 5.91 Å². The summed E-state index contributed by atoms with van der Waals surface area (Å²) < 4.78 is 25.3. The number of nitrogens with one attached hydrogen (secondary N) is 3. The number of ether oxygens (including phenoxy) is 1. The minimum absolute atomic E-state index is 0.0208. The lowest BCUT2D eigenvalue weighted by Gasteiger charge is -2.22. The van der Waals surface area contributed by atoms with Crippen molar-refractivity contribution >= 4 is 33.5 Å². The fourth-order valence-electron chi connectivity index (χ4n) is 6.68. The lowest BCUT2D eigenvalue weighted by atomic mass is 10.0. The molecule has 1 aliphatic rings. The first kappa shape index (κ1) is 31.1. The molecule has 11 nitrogen and oxygen atoms in total. The van der Waals surface area contributed by atoms with Gasteiger partial charge in [0.2, 0.25) is 11.3 Å². The van der Waals surface area contributed by atoms with Crippen LogP contribution in [0.4, 0.5) is 10.1 Å². The number of carbonyl (C=O) groups excluding carboxylic acids is 1. The predicted octanol–water partition coefficient (Wildman–Crippen LogP) is 6.76. The predicted molar refractivity (Wildman–Crippen MR) is 190 cm³/mol. The maximum atomic E-state index is 15.5. The summed E-state index contributed by atoms with van der Waals surface area (Å²) >= 11 is 0. The highest BCUT2D eigenvalue weighted by atomic mass is 19.1. The van der Waals surface area contributed by atoms with Gasteiger partial charge in [-0.1, -0.05) is 36.4 Å². The Balaban J connectivity index is 1.06. The fraction of sp³-hybridized carbons (Fsp3) is 0.184. The molecule has 0 bridgehead atoms. The molecule has 250 valence electrons. The average molecular weight is 669 g/mol. The number of rotatable bonds is 7. The van der Waals surface area contributed by atoms with Crippen molar-refractivity contribution in [1.82, 2.24) is 34.6 Å². The standard InChI is InChI=1S/C38H33FN8O3/c1-22-33(35(48)28-16-24(8-10-31(28)46(22)2)25-18-44-47(20-25)27-12-14-40-15-13-27)37(49)45-26-9-11-32(30(39)17-26)50-38-34-29(23-6-4-3-5-7-23)19-41-36(34)42-21-43-38/h3-11,16-21,27,40H,12-15H2,1-2H3,(H,45,49)(H,41,42,43). The smallest absolute Gasteiger partial charge is 0.261 e. The SMILES string of the molecule is Cc1c(C(=O)Nc2ccc(Oc3ncnc4[nH]cc(-c5ccccc5)c34)c(F)c2)c(=O)c2cc(-c3cnn(C4CCNCC4)c3)ccc2n1C. The molecular formula is C38H33FN8O3. The zero-order chi connectivity index (χ0) is 34.4. The van der Waals surface area contributed by atoms with E-state index in [-0.39, 0.29) is 22.9 Å². The lowest BCUT2D eigenvalue weighted by Crippen LogP contribution is -2.29. The van der Waals surface area contributed by atoms with Crippen LogP contribution in [0.5, 0.6) is 11.6 Å². The maximum Gasteiger partial charge on any atom is 0.261 e. The molecule has 4 aromatic heterocycles. The molecule has 1 amide bonds. The molecule has 3 N–H and O–H groups in total. The number of fused-ring (bicyclic) bond motifs is 2. The van der Waals surface area contributed by atoms with E-state index in [0.29, 0.717) is 33.7 Å². The first-order valence-corrected chi connectivity index (χ1v) is 16.4. The quantitative estimate of drug-likeness (QED) is 0.171. The van der Waals surface area contributed by atoms with Gasteiger partial charge in [-0.3, -0.25) is 14.3 Å². The van der Waals surface area contributed by atoms with Crippen LogP contribution in [0.15, 0.2) is 96.4 Å². The molecule has 5 heterocycles. The van der Waals surface area contributed by atoms with E-state index < -0.39 is 17.2 Å². The van der Waals surface area contributed by atoms with Crippen molar-refractivity contribution in [1.29, 1.82) is 0 Å². The number of aromatic nitrogens is 6. The first-order valence-electron chi connectivity index (χ1n) is 16.4. The third-order valence-corrected chi connectivity index (χ3v) is 9.46. The van der Waals surface area contributed by atoms with E-state index in [9.17, 15) is 9.59 Å². The second-order valence-corrected chi connectivity index (χ2v) is 12.4. The van der Waals surface area contributed by atoms with Crippen LogP contribution in [0.1, 0.15) is 34.9 Å². The van der Waals surface area contributed by atoms with Gasteiger partial charge in [0.05, 0.1) is 23.1 Å². The van der Waals surface area contributed by atoms with Crippen molar-refractivity contribution in [3.05, 3.63) is 119 Å². The number of carbonyl (C=O) groups is 1. The average Bonchev–Trinajstić information content (AvgIpc) is 3.82. The largest absolute Gasteiger partial charge is 0.435 e. The molecule has 0 radical (unpaired) electrons. The normalized spacial score (nSPS) is 13.6. The second-order valence-electron chi connectivity index (χ2n) is 12.4. The third-order valence-electron chi connectivity index (χ3n) is 9.46. The molecule has 3 aromatic carbocycles. The maximum absolute atomic E-state index is 15.5. The van der Waals surface area contributed by atoms with Crippen LogP contribution in [0.2, 0.25) is 0 Å². The summed E-state index contributed by atoms with van der Waals surface area (Å²) in [5, 5.41) is 11.7. The van der Waals surface area contributed by atoms with E-state index in [0.717, 1.165) is 54.3 Å². The van der Waals surface area contributed by atoms with Crippen LogP contribution in [-0.2, 0) is 7.05 Å². The Hall–Kier alpha value is -6.14. The van der Waals surface area contributed by atoms with Crippen molar-refractivity contribution < 1.29 is 13.9 Å². The topological polar surface area (TPSA) is 132 Å². The van der Waals surface area contributed by atoms with Crippen molar-refractivity contribution in [3.8, 4) is 33.9 Å². The number of aromatic amines is 1. The number of H-pyrrole nitrogens is 1. The number of aryl methyl sites for hydroxylation is 1. The molecular weight excluding hydrogens is 635 g/mol. The van der Waals surface area contributed by atoms with Crippen molar-refractivity contribution in [2.24, 2.45) is 7.05 Å². The number of halogens is 1. The van der Waals surface area contributed by atoms with Gasteiger partial charge in [-0.25, -0.2) is 14.4 Å². The highest BCUT2D eigenvalue weighted by molar-refractivity contribution is 6.07. The number of pyridine rings is 1. The zero-order valence-corrected chi connectivity index (χ0v) is 27.4. The highest BCUT2D eigenvalue weighted by Gasteiger charge is 2.22. The molecule has 0 unspecified atom stereocenters. The van der Waals surface area contributed by atoms with Crippen LogP contribution >= 0.6 is 0 Å². The molecule has 7 aromatic rings. The van der Waals surface area contributed by atoms with Gasteiger partial charge < -0.3 is 24.9 Å². The molecule has 0 saturated carbocycles. The summed E-state index contributed by atoms with van der Waals surface area (Å²) in [5.74, 6) is -1.26. The molecule has 1 fully saturated rings. The summed E-state index contributed by atoms with van der Waals surface area (Å²) in [6.07, 6.45) is 8.98. The van der Waals surface area contributed by atoms with Gasteiger partial charge in [0, 0.05) is 53.4 Å². The van der Waals surface area contributed by atoms with Gasteiger partial charge in [0.15, 0.2) is 11.6 Å². The fourth-order valence-corrected chi connectivity index (χ4v) is 6.68. The summed E-state index contributed by atoms with van der Waals surface area (Å²) in [6.45, 7) is 3.63. The highest BCUT2D eigenvalue weighted by Crippen LogP contribution is 2.36. The Morgan fingerprint density at radius 3 is 2.62 bits per heavy atom. The lowest BCUT2D eigenvalue weighted by molar-refractivity contribution is 0.102. The third kappa shape index (κ3) is 5.59. The Morgan fingerprint density at radius 1 is 1.00 bits per heavy atom. The molecule has 8 rings (SSSR count). The van der Waals surface area contributed by atoms with Crippen molar-refractivity contribution in [3.63, 3.8) is 0 Å². The minimum atomic E-state index is -0.718. The van der Waals surface area contributed by atoms with Gasteiger partial charge in [-0.2, -0.15) is 5.10 Å². The molecule has 12 heteroatoms. The first-order chi connectivity index (χ1) is 24.4. The van der Waals surface area contributed by atoms with Gasteiger partial charge >= 0.3 is 0 Å². The Morgan fingerprint density at radius 2 is 1.82 bits per heavy atom. The summed E-state index contributed by atoms with van der Waals surface area (Å²) in [4.78, 5) is 39.2. The Bertz CT molecular complexity index is 2460. The summed E-state index contributed by atoms with van der Waals surface area (Å²) in [5.41, 5.74) is 4.93. The molecule has 0 spiro atoms. The van der Waals surface area contributed by atoms with Crippen LogP contribution in [0, 0.1) is 12.7 Å². The molecule has 50 heavy (non-hydrogen) atoms. The van der Waals surface area contributed by atoms with Gasteiger partial charge in [-0.15, -0.1) is 0 Å².